The smallest absolute Gasteiger partial charge is 0.334 e. The minimum absolute atomic E-state index is 0.0208. The maximum Gasteiger partial charge on any atom is 0.390 e. The van der Waals surface area contributed by atoms with Crippen molar-refractivity contribution in [1.82, 2.24) is 24.6 Å². The molecule has 1 saturated heterocycles. The van der Waals surface area contributed by atoms with Crippen molar-refractivity contribution in [3.8, 4) is 11.3 Å². The Balaban J connectivity index is 1.39. The molecule has 164 valence electrons. The van der Waals surface area contributed by atoms with Crippen LogP contribution in [0.4, 0.5) is 19.0 Å². The zero-order chi connectivity index (χ0) is 22.0. The highest BCUT2D eigenvalue weighted by Crippen LogP contribution is 2.26. The molecular weight excluding hydrogens is 409 g/mol. The van der Waals surface area contributed by atoms with Crippen molar-refractivity contribution in [1.29, 1.82) is 0 Å². The number of benzene rings is 1. The zero-order valence-electron chi connectivity index (χ0n) is 17.1. The number of carbonyl (C=O) groups excluding carboxylic acids is 1. The number of anilines is 1. The molecule has 1 aliphatic heterocycles. The monoisotopic (exact) mass is 432 g/mol. The molecule has 0 radical (unpaired) electrons. The normalized spacial score (nSPS) is 16.0. The van der Waals surface area contributed by atoms with Crippen LogP contribution in [-0.4, -0.2) is 56.4 Å². The molecular formula is C21H23F3N6O. The van der Waals surface area contributed by atoms with Gasteiger partial charge < -0.3 is 14.8 Å². The van der Waals surface area contributed by atoms with Crippen molar-refractivity contribution in [3.05, 3.63) is 36.8 Å². The van der Waals surface area contributed by atoms with Crippen LogP contribution in [0.25, 0.3) is 22.2 Å². The largest absolute Gasteiger partial charge is 0.390 e. The van der Waals surface area contributed by atoms with Gasteiger partial charge in [0.05, 0.1) is 30.2 Å². The zero-order valence-corrected chi connectivity index (χ0v) is 17.1. The summed E-state index contributed by atoms with van der Waals surface area (Å²) >= 11 is 0. The quantitative estimate of drug-likeness (QED) is 0.666. The van der Waals surface area contributed by atoms with E-state index in [9.17, 15) is 18.0 Å². The molecule has 0 aliphatic carbocycles. The molecule has 2 aromatic heterocycles. The lowest BCUT2D eigenvalue weighted by Crippen LogP contribution is -2.39. The lowest BCUT2D eigenvalue weighted by atomic mass is 9.96. The first-order chi connectivity index (χ1) is 14.8. The summed E-state index contributed by atoms with van der Waals surface area (Å²) < 4.78 is 39.1. The third-order valence-corrected chi connectivity index (χ3v) is 5.62. The average molecular weight is 432 g/mol. The summed E-state index contributed by atoms with van der Waals surface area (Å²) in [7, 11) is 1.91. The Kier molecular flexibility index (Phi) is 5.90. The molecule has 0 bridgehead atoms. The Bertz CT molecular complexity index is 1070. The van der Waals surface area contributed by atoms with Crippen LogP contribution in [0, 0.1) is 5.92 Å². The molecule has 1 aromatic carbocycles. The number of nitrogens with one attached hydrogen (secondary N) is 1. The maximum atomic E-state index is 12.6. The minimum atomic E-state index is -4.15. The van der Waals surface area contributed by atoms with E-state index in [0.29, 0.717) is 37.3 Å². The van der Waals surface area contributed by atoms with Crippen LogP contribution in [0.3, 0.4) is 0 Å². The van der Waals surface area contributed by atoms with E-state index in [1.807, 2.05) is 29.8 Å². The fourth-order valence-electron chi connectivity index (χ4n) is 3.83. The van der Waals surface area contributed by atoms with E-state index in [4.69, 9.17) is 0 Å². The molecule has 1 aliphatic rings. The van der Waals surface area contributed by atoms with Gasteiger partial charge in [0.25, 0.3) is 0 Å². The molecule has 0 saturated carbocycles. The third kappa shape index (κ3) is 5.19. The lowest BCUT2D eigenvalue weighted by Gasteiger charge is -2.31. The molecule has 10 heteroatoms. The predicted molar refractivity (Wildman–Crippen MR) is 110 cm³/mol. The molecule has 3 aromatic rings. The molecule has 1 amide bonds. The van der Waals surface area contributed by atoms with Gasteiger partial charge in [-0.05, 0) is 44.1 Å². The van der Waals surface area contributed by atoms with E-state index >= 15 is 0 Å². The van der Waals surface area contributed by atoms with Crippen molar-refractivity contribution in [2.24, 2.45) is 13.0 Å². The number of aryl methyl sites for hydroxylation is 1. The highest BCUT2D eigenvalue weighted by atomic mass is 19.4. The molecule has 31 heavy (non-hydrogen) atoms. The van der Waals surface area contributed by atoms with Crippen molar-refractivity contribution in [3.63, 3.8) is 0 Å². The summed E-state index contributed by atoms with van der Waals surface area (Å²) in [5.74, 6) is -0.0634. The fourth-order valence-corrected chi connectivity index (χ4v) is 3.83. The second-order valence-corrected chi connectivity index (χ2v) is 7.86. The summed E-state index contributed by atoms with van der Waals surface area (Å²) in [6.07, 6.45) is -0.425. The summed E-state index contributed by atoms with van der Waals surface area (Å²) in [4.78, 5) is 18.5. The summed E-state index contributed by atoms with van der Waals surface area (Å²) in [5, 5.41) is 11.9. The SMILES string of the molecule is Cn1cncc1-c1ccc2nnc(NC(=O)C3CCN(CCC(F)(F)F)CC3)cc2c1. The van der Waals surface area contributed by atoms with Gasteiger partial charge >= 0.3 is 6.18 Å². The molecule has 4 rings (SSSR count). The first kappa shape index (κ1) is 21.2. The highest BCUT2D eigenvalue weighted by molar-refractivity contribution is 5.94. The van der Waals surface area contributed by atoms with Gasteiger partial charge in [0.15, 0.2) is 5.82 Å². The van der Waals surface area contributed by atoms with E-state index in [1.165, 1.54) is 0 Å². The number of imidazole rings is 1. The first-order valence-corrected chi connectivity index (χ1v) is 10.1. The Morgan fingerprint density at radius 2 is 1.97 bits per heavy atom. The van der Waals surface area contributed by atoms with Gasteiger partial charge in [-0.15, -0.1) is 10.2 Å². The minimum Gasteiger partial charge on any atom is -0.334 e. The predicted octanol–water partition coefficient (Wildman–Crippen LogP) is 3.63. The maximum absolute atomic E-state index is 12.6. The molecule has 0 atom stereocenters. The van der Waals surface area contributed by atoms with E-state index in [2.05, 4.69) is 20.5 Å². The molecule has 1 N–H and O–H groups in total. The number of hydrogen-bond donors (Lipinski definition) is 1. The van der Waals surface area contributed by atoms with Crippen molar-refractivity contribution < 1.29 is 18.0 Å². The van der Waals surface area contributed by atoms with Crippen LogP contribution < -0.4 is 5.32 Å². The van der Waals surface area contributed by atoms with Crippen LogP contribution in [0.2, 0.25) is 0 Å². The van der Waals surface area contributed by atoms with Crippen LogP contribution in [-0.2, 0) is 11.8 Å². The van der Waals surface area contributed by atoms with Crippen molar-refractivity contribution >= 4 is 22.6 Å². The second-order valence-electron chi connectivity index (χ2n) is 7.86. The van der Waals surface area contributed by atoms with Gasteiger partial charge in [-0.1, -0.05) is 6.07 Å². The number of nitrogens with zero attached hydrogens (tertiary/aromatic N) is 5. The Morgan fingerprint density at radius 3 is 2.65 bits per heavy atom. The lowest BCUT2D eigenvalue weighted by molar-refractivity contribution is -0.139. The van der Waals surface area contributed by atoms with Crippen LogP contribution in [0.1, 0.15) is 19.3 Å². The fraction of sp³-hybridized carbons (Fsp3) is 0.429. The first-order valence-electron chi connectivity index (χ1n) is 10.1. The molecule has 3 heterocycles. The molecule has 7 nitrogen and oxygen atoms in total. The van der Waals surface area contributed by atoms with Gasteiger partial charge in [-0.3, -0.25) is 4.79 Å². The van der Waals surface area contributed by atoms with E-state index < -0.39 is 12.6 Å². The van der Waals surface area contributed by atoms with E-state index in [-0.39, 0.29) is 18.4 Å². The number of amides is 1. The van der Waals surface area contributed by atoms with Crippen molar-refractivity contribution in [2.45, 2.75) is 25.4 Å². The van der Waals surface area contributed by atoms with Gasteiger partial charge in [0.2, 0.25) is 5.91 Å². The Labute approximate surface area is 177 Å². The average Bonchev–Trinajstić information content (AvgIpc) is 3.17. The Morgan fingerprint density at radius 1 is 1.19 bits per heavy atom. The highest BCUT2D eigenvalue weighted by Gasteiger charge is 2.30. The summed E-state index contributed by atoms with van der Waals surface area (Å²) in [6.45, 7) is 0.935. The van der Waals surface area contributed by atoms with Crippen LogP contribution in [0.5, 0.6) is 0 Å². The summed E-state index contributed by atoms with van der Waals surface area (Å²) in [6, 6.07) is 7.56. The van der Waals surface area contributed by atoms with Crippen LogP contribution >= 0.6 is 0 Å². The number of alkyl halides is 3. The van der Waals surface area contributed by atoms with Crippen molar-refractivity contribution in [2.75, 3.05) is 25.0 Å². The van der Waals surface area contributed by atoms with Gasteiger partial charge in [-0.25, -0.2) is 4.98 Å². The topological polar surface area (TPSA) is 75.9 Å². The number of aromatic nitrogens is 4. The number of hydrogen-bond acceptors (Lipinski definition) is 5. The number of rotatable bonds is 5. The van der Waals surface area contributed by atoms with Gasteiger partial charge in [0, 0.05) is 30.5 Å². The van der Waals surface area contributed by atoms with Crippen LogP contribution in [0.15, 0.2) is 36.8 Å². The number of piperidine rings is 1. The van der Waals surface area contributed by atoms with E-state index in [0.717, 1.165) is 16.6 Å². The molecule has 0 spiro atoms. The number of likely N-dealkylation sites (tertiary alicyclic amines) is 1. The van der Waals surface area contributed by atoms with Gasteiger partial charge in [0.1, 0.15) is 0 Å². The van der Waals surface area contributed by atoms with Gasteiger partial charge in [-0.2, -0.15) is 13.2 Å². The Hall–Kier alpha value is -3.01. The summed E-state index contributed by atoms with van der Waals surface area (Å²) in [5.41, 5.74) is 2.65. The van der Waals surface area contributed by atoms with E-state index in [1.54, 1.807) is 23.5 Å². The standard InChI is InChI=1S/C21H23F3N6O/c1-29-13-25-12-18(29)15-2-3-17-16(10-15)11-19(28-27-17)26-20(31)14-4-7-30(8-5-14)9-6-21(22,23)24/h2-3,10-14H,4-9H2,1H3,(H,26,28,31). The third-order valence-electron chi connectivity index (χ3n) is 5.62. The number of carbonyl (C=O) groups is 1. The number of halogens is 3. The molecule has 1 fully saturated rings. The number of fused-ring (bicyclic) bond motifs is 1. The second kappa shape index (κ2) is 8.62. The molecule has 0 unspecified atom stereocenters.